The summed E-state index contributed by atoms with van der Waals surface area (Å²) in [6, 6.07) is 25.2. The molecular weight excluding hydrogens is 454 g/mol. The molecule has 0 aliphatic rings. The van der Waals surface area contributed by atoms with Gasteiger partial charge in [0.05, 0.1) is 24.8 Å². The molecule has 7 nitrogen and oxygen atoms in total. The molecule has 3 aromatic carbocycles. The summed E-state index contributed by atoms with van der Waals surface area (Å²) in [6.45, 7) is 2.11. The molecule has 1 heterocycles. The van der Waals surface area contributed by atoms with E-state index in [1.807, 2.05) is 72.8 Å². The lowest BCUT2D eigenvalue weighted by Gasteiger charge is -2.11. The highest BCUT2D eigenvalue weighted by Crippen LogP contribution is 2.20. The molecule has 0 aliphatic carbocycles. The van der Waals surface area contributed by atoms with Crippen LogP contribution in [0.5, 0.6) is 17.2 Å². The van der Waals surface area contributed by atoms with Crippen molar-refractivity contribution in [1.82, 2.24) is 14.9 Å². The number of hydrogen-bond donors (Lipinski definition) is 1. The van der Waals surface area contributed by atoms with Gasteiger partial charge in [-0.3, -0.25) is 4.79 Å². The molecule has 0 spiro atoms. The zero-order valence-corrected chi connectivity index (χ0v) is 20.7. The van der Waals surface area contributed by atoms with Crippen LogP contribution in [0.3, 0.4) is 0 Å². The minimum Gasteiger partial charge on any atom is -0.497 e. The number of para-hydroxylation sites is 3. The van der Waals surface area contributed by atoms with Crippen molar-refractivity contribution in [2.75, 3.05) is 26.9 Å². The molecule has 0 fully saturated rings. The maximum atomic E-state index is 12.1. The Morgan fingerprint density at radius 1 is 0.861 bits per heavy atom. The number of aromatic nitrogens is 2. The number of fused-ring (bicyclic) bond motifs is 1. The first-order valence-electron chi connectivity index (χ1n) is 12.4. The Balaban J connectivity index is 1.23. The average Bonchev–Trinajstić information content (AvgIpc) is 3.27. The van der Waals surface area contributed by atoms with Crippen molar-refractivity contribution >= 4 is 16.9 Å². The molecule has 0 bridgehead atoms. The van der Waals surface area contributed by atoms with E-state index in [4.69, 9.17) is 19.2 Å². The van der Waals surface area contributed by atoms with Crippen molar-refractivity contribution in [3.05, 3.63) is 84.7 Å². The van der Waals surface area contributed by atoms with Crippen LogP contribution in [0.4, 0.5) is 0 Å². The van der Waals surface area contributed by atoms with Crippen LogP contribution in [0.15, 0.2) is 78.9 Å². The largest absolute Gasteiger partial charge is 0.497 e. The summed E-state index contributed by atoms with van der Waals surface area (Å²) in [5.41, 5.74) is 2.14. The number of hydrogen-bond acceptors (Lipinski definition) is 5. The Bertz CT molecular complexity index is 1240. The van der Waals surface area contributed by atoms with Crippen molar-refractivity contribution in [3.8, 4) is 17.2 Å². The Labute approximate surface area is 212 Å². The number of carbonyl (C=O) groups is 1. The van der Waals surface area contributed by atoms with Crippen LogP contribution in [0, 0.1) is 0 Å². The van der Waals surface area contributed by atoms with Crippen LogP contribution in [0.25, 0.3) is 11.0 Å². The highest BCUT2D eigenvalue weighted by atomic mass is 16.5. The van der Waals surface area contributed by atoms with Crippen molar-refractivity contribution in [2.24, 2.45) is 0 Å². The quantitative estimate of drug-likeness (QED) is 0.253. The van der Waals surface area contributed by atoms with Gasteiger partial charge < -0.3 is 24.1 Å². The van der Waals surface area contributed by atoms with Gasteiger partial charge in [0.15, 0.2) is 6.61 Å². The van der Waals surface area contributed by atoms with Crippen LogP contribution >= 0.6 is 0 Å². The first-order chi connectivity index (χ1) is 17.7. The molecule has 1 aromatic heterocycles. The van der Waals surface area contributed by atoms with E-state index in [0.29, 0.717) is 18.9 Å². The van der Waals surface area contributed by atoms with Crippen molar-refractivity contribution in [2.45, 2.75) is 32.2 Å². The van der Waals surface area contributed by atoms with Crippen LogP contribution in [0.2, 0.25) is 0 Å². The van der Waals surface area contributed by atoms with Gasteiger partial charge in [0.25, 0.3) is 5.91 Å². The summed E-state index contributed by atoms with van der Waals surface area (Å²) in [7, 11) is 1.65. The summed E-state index contributed by atoms with van der Waals surface area (Å²) in [4.78, 5) is 17.0. The first kappa shape index (κ1) is 25.1. The lowest BCUT2D eigenvalue weighted by atomic mass is 10.2. The number of rotatable bonds is 14. The number of amides is 1. The second-order valence-corrected chi connectivity index (χ2v) is 8.46. The van der Waals surface area contributed by atoms with Crippen molar-refractivity contribution in [1.29, 1.82) is 0 Å². The lowest BCUT2D eigenvalue weighted by Crippen LogP contribution is -2.30. The maximum Gasteiger partial charge on any atom is 0.257 e. The van der Waals surface area contributed by atoms with Gasteiger partial charge in [-0.1, -0.05) is 36.4 Å². The number of ether oxygens (including phenoxy) is 3. The third kappa shape index (κ3) is 7.25. The summed E-state index contributed by atoms with van der Waals surface area (Å²) in [5, 5.41) is 2.93. The summed E-state index contributed by atoms with van der Waals surface area (Å²) < 4.78 is 18.9. The molecule has 0 saturated heterocycles. The van der Waals surface area contributed by atoms with Gasteiger partial charge in [-0.2, -0.15) is 0 Å². The predicted octanol–water partition coefficient (Wildman–Crippen LogP) is 5.03. The minimum atomic E-state index is -0.122. The Morgan fingerprint density at radius 3 is 2.50 bits per heavy atom. The van der Waals surface area contributed by atoms with E-state index in [2.05, 4.69) is 16.0 Å². The number of unbranched alkanes of at least 4 members (excludes halogenated alkanes) is 1. The Kier molecular flexibility index (Phi) is 9.19. The summed E-state index contributed by atoms with van der Waals surface area (Å²) in [5.74, 6) is 3.22. The standard InChI is InChI=1S/C29H33N3O4/c1-34-24-13-9-14-25(21-24)35-20-8-7-19-32-27-16-6-5-15-26(27)31-28(32)17-10-18-30-29(33)22-36-23-11-3-2-4-12-23/h2-6,9,11-16,21H,7-8,10,17-20,22H2,1H3,(H,30,33). The maximum absolute atomic E-state index is 12.1. The highest BCUT2D eigenvalue weighted by Gasteiger charge is 2.11. The topological polar surface area (TPSA) is 74.6 Å². The molecule has 0 saturated carbocycles. The molecule has 4 rings (SSSR count). The van der Waals surface area contributed by atoms with E-state index >= 15 is 0 Å². The molecule has 188 valence electrons. The summed E-state index contributed by atoms with van der Waals surface area (Å²) >= 11 is 0. The first-order valence-corrected chi connectivity index (χ1v) is 12.4. The van der Waals surface area contributed by atoms with Gasteiger partial charge in [0.1, 0.15) is 23.1 Å². The molecule has 0 radical (unpaired) electrons. The third-order valence-electron chi connectivity index (χ3n) is 5.83. The van der Waals surface area contributed by atoms with E-state index < -0.39 is 0 Å². The van der Waals surface area contributed by atoms with Gasteiger partial charge >= 0.3 is 0 Å². The van der Waals surface area contributed by atoms with E-state index in [0.717, 1.165) is 60.6 Å². The van der Waals surface area contributed by atoms with Gasteiger partial charge in [0, 0.05) is 25.6 Å². The molecule has 0 aliphatic heterocycles. The fraction of sp³-hybridized carbons (Fsp3) is 0.310. The van der Waals surface area contributed by atoms with E-state index in [-0.39, 0.29) is 12.5 Å². The van der Waals surface area contributed by atoms with E-state index in [1.54, 1.807) is 7.11 Å². The van der Waals surface area contributed by atoms with E-state index in [1.165, 1.54) is 0 Å². The number of aryl methyl sites for hydroxylation is 2. The van der Waals surface area contributed by atoms with Gasteiger partial charge in [-0.25, -0.2) is 4.98 Å². The molecule has 4 aromatic rings. The predicted molar refractivity (Wildman–Crippen MR) is 141 cm³/mol. The third-order valence-corrected chi connectivity index (χ3v) is 5.83. The second kappa shape index (κ2) is 13.2. The zero-order chi connectivity index (χ0) is 25.0. The lowest BCUT2D eigenvalue weighted by molar-refractivity contribution is -0.123. The molecule has 1 amide bonds. The molecule has 1 N–H and O–H groups in total. The number of nitrogens with zero attached hydrogens (tertiary/aromatic N) is 2. The van der Waals surface area contributed by atoms with Crippen molar-refractivity contribution in [3.63, 3.8) is 0 Å². The van der Waals surface area contributed by atoms with Crippen LogP contribution in [0.1, 0.15) is 25.1 Å². The highest BCUT2D eigenvalue weighted by molar-refractivity contribution is 5.77. The number of benzene rings is 3. The second-order valence-electron chi connectivity index (χ2n) is 8.46. The minimum absolute atomic E-state index is 0.0142. The normalized spacial score (nSPS) is 10.8. The smallest absolute Gasteiger partial charge is 0.257 e. The Hall–Kier alpha value is -4.00. The van der Waals surface area contributed by atoms with Crippen LogP contribution in [-0.2, 0) is 17.8 Å². The van der Waals surface area contributed by atoms with Crippen LogP contribution in [-0.4, -0.2) is 42.3 Å². The number of nitrogens with one attached hydrogen (secondary N) is 1. The molecule has 36 heavy (non-hydrogen) atoms. The number of carbonyl (C=O) groups excluding carboxylic acids is 1. The summed E-state index contributed by atoms with van der Waals surface area (Å²) in [6.07, 6.45) is 3.50. The fourth-order valence-corrected chi connectivity index (χ4v) is 4.01. The monoisotopic (exact) mass is 487 g/mol. The zero-order valence-electron chi connectivity index (χ0n) is 20.7. The van der Waals surface area contributed by atoms with Crippen LogP contribution < -0.4 is 19.5 Å². The molecule has 0 unspecified atom stereocenters. The SMILES string of the molecule is COc1cccc(OCCCCn2c(CCCNC(=O)COc3ccccc3)nc3ccccc32)c1. The van der Waals surface area contributed by atoms with E-state index in [9.17, 15) is 4.79 Å². The average molecular weight is 488 g/mol. The van der Waals surface area contributed by atoms with Crippen molar-refractivity contribution < 1.29 is 19.0 Å². The van der Waals surface area contributed by atoms with Gasteiger partial charge in [-0.15, -0.1) is 0 Å². The number of methoxy groups -OCH3 is 1. The molecule has 7 heteroatoms. The fourth-order valence-electron chi connectivity index (χ4n) is 4.01. The number of imidazole rings is 1. The Morgan fingerprint density at radius 2 is 1.64 bits per heavy atom. The molecular formula is C29H33N3O4. The van der Waals surface area contributed by atoms with Gasteiger partial charge in [0.2, 0.25) is 0 Å². The van der Waals surface area contributed by atoms with Gasteiger partial charge in [-0.05, 0) is 55.7 Å². The molecule has 0 atom stereocenters.